The SMILES string of the molecule is FC(F)(F)C1=C(Cl)[CH]CC=C1. The smallest absolute Gasteiger partial charge is 0.166 e. The van der Waals surface area contributed by atoms with Crippen LogP contribution < -0.4 is 0 Å². The van der Waals surface area contributed by atoms with Crippen LogP contribution in [0.15, 0.2) is 22.8 Å². The molecule has 61 valence electrons. The summed E-state index contributed by atoms with van der Waals surface area (Å²) in [7, 11) is 0. The Kier molecular flexibility index (Phi) is 2.28. The van der Waals surface area contributed by atoms with Gasteiger partial charge >= 0.3 is 6.18 Å². The van der Waals surface area contributed by atoms with Crippen molar-refractivity contribution < 1.29 is 13.2 Å². The molecule has 0 fully saturated rings. The van der Waals surface area contributed by atoms with Crippen molar-refractivity contribution in [3.8, 4) is 0 Å². The van der Waals surface area contributed by atoms with Crippen LogP contribution >= 0.6 is 11.6 Å². The van der Waals surface area contributed by atoms with Crippen molar-refractivity contribution in [1.29, 1.82) is 0 Å². The third-order valence-electron chi connectivity index (χ3n) is 1.28. The summed E-state index contributed by atoms with van der Waals surface area (Å²) in [5.74, 6) is 0. The van der Waals surface area contributed by atoms with E-state index in [9.17, 15) is 13.2 Å². The van der Waals surface area contributed by atoms with Crippen molar-refractivity contribution in [3.63, 3.8) is 0 Å². The fraction of sp³-hybridized carbons (Fsp3) is 0.286. The first kappa shape index (κ1) is 8.65. The minimum Gasteiger partial charge on any atom is -0.166 e. The van der Waals surface area contributed by atoms with Crippen molar-refractivity contribution in [1.82, 2.24) is 0 Å². The van der Waals surface area contributed by atoms with Crippen molar-refractivity contribution >= 4 is 11.6 Å². The minimum absolute atomic E-state index is 0.208. The van der Waals surface area contributed by atoms with Crippen LogP contribution in [0.2, 0.25) is 0 Å². The summed E-state index contributed by atoms with van der Waals surface area (Å²) in [6.07, 6.45) is -0.0929. The highest BCUT2D eigenvalue weighted by atomic mass is 35.5. The molecule has 0 saturated carbocycles. The standard InChI is InChI=1S/C7H5ClF3/c8-6-4-2-1-3-5(6)7(9,10)11/h1,3-4H,2H2. The number of allylic oxidation sites excluding steroid dienone is 4. The van der Waals surface area contributed by atoms with Crippen LogP contribution in [0.3, 0.4) is 0 Å². The summed E-state index contributed by atoms with van der Waals surface area (Å²) in [6.45, 7) is 0. The number of hydrogen-bond donors (Lipinski definition) is 0. The molecule has 0 unspecified atom stereocenters. The van der Waals surface area contributed by atoms with Crippen molar-refractivity contribution in [2.45, 2.75) is 12.6 Å². The summed E-state index contributed by atoms with van der Waals surface area (Å²) < 4.78 is 35.9. The highest BCUT2D eigenvalue weighted by Gasteiger charge is 2.34. The van der Waals surface area contributed by atoms with Gasteiger partial charge in [0, 0.05) is 11.5 Å². The Morgan fingerprint density at radius 3 is 2.36 bits per heavy atom. The molecular formula is C7H5ClF3. The van der Waals surface area contributed by atoms with Gasteiger partial charge in [-0.05, 0) is 6.42 Å². The fourth-order valence-corrected chi connectivity index (χ4v) is 1.04. The maximum absolute atomic E-state index is 12.0. The number of rotatable bonds is 0. The van der Waals surface area contributed by atoms with E-state index in [0.717, 1.165) is 6.08 Å². The molecule has 1 rings (SSSR count). The molecule has 4 heteroatoms. The Balaban J connectivity index is 2.93. The summed E-state index contributed by atoms with van der Waals surface area (Å²) in [5.41, 5.74) is -0.759. The van der Waals surface area contributed by atoms with Gasteiger partial charge in [-0.1, -0.05) is 23.8 Å². The lowest BCUT2D eigenvalue weighted by molar-refractivity contribution is -0.0886. The summed E-state index contributed by atoms with van der Waals surface area (Å²) >= 11 is 5.32. The number of alkyl halides is 3. The number of halogens is 4. The second-order valence-electron chi connectivity index (χ2n) is 2.10. The third-order valence-corrected chi connectivity index (χ3v) is 1.64. The molecule has 0 aliphatic heterocycles. The summed E-state index contributed by atoms with van der Waals surface area (Å²) in [4.78, 5) is 0. The van der Waals surface area contributed by atoms with Crippen LogP contribution in [0.1, 0.15) is 6.42 Å². The van der Waals surface area contributed by atoms with E-state index < -0.39 is 11.7 Å². The van der Waals surface area contributed by atoms with E-state index in [1.165, 1.54) is 12.5 Å². The van der Waals surface area contributed by atoms with E-state index in [4.69, 9.17) is 11.6 Å². The zero-order valence-corrected chi connectivity index (χ0v) is 6.21. The molecule has 0 bridgehead atoms. The molecular weight excluding hydrogens is 177 g/mol. The largest absolute Gasteiger partial charge is 0.417 e. The van der Waals surface area contributed by atoms with Crippen LogP contribution in [0, 0.1) is 6.42 Å². The normalized spacial score (nSPS) is 19.3. The highest BCUT2D eigenvalue weighted by Crippen LogP contribution is 2.34. The molecule has 0 aromatic heterocycles. The summed E-state index contributed by atoms with van der Waals surface area (Å²) in [6, 6.07) is 0. The summed E-state index contributed by atoms with van der Waals surface area (Å²) in [5, 5.41) is -0.208. The zero-order chi connectivity index (χ0) is 8.48. The maximum Gasteiger partial charge on any atom is 0.417 e. The lowest BCUT2D eigenvalue weighted by Gasteiger charge is -2.12. The van der Waals surface area contributed by atoms with E-state index in [2.05, 4.69) is 0 Å². The van der Waals surface area contributed by atoms with Crippen LogP contribution in [-0.2, 0) is 0 Å². The van der Waals surface area contributed by atoms with Crippen LogP contribution in [0.25, 0.3) is 0 Å². The monoisotopic (exact) mass is 181 g/mol. The fourth-order valence-electron chi connectivity index (χ4n) is 0.777. The molecule has 1 aliphatic carbocycles. The molecule has 1 aliphatic rings. The Bertz CT molecular complexity index is 212. The molecule has 1 radical (unpaired) electrons. The van der Waals surface area contributed by atoms with E-state index in [1.54, 1.807) is 0 Å². The lowest BCUT2D eigenvalue weighted by atomic mass is 10.1. The van der Waals surface area contributed by atoms with Gasteiger partial charge in [-0.3, -0.25) is 0 Å². The second-order valence-corrected chi connectivity index (χ2v) is 2.51. The Hall–Kier alpha value is -0.440. The minimum atomic E-state index is -4.33. The van der Waals surface area contributed by atoms with Gasteiger partial charge in [-0.2, -0.15) is 13.2 Å². The predicted molar refractivity (Wildman–Crippen MR) is 37.0 cm³/mol. The van der Waals surface area contributed by atoms with Gasteiger partial charge in [0.2, 0.25) is 0 Å². The molecule has 0 heterocycles. The van der Waals surface area contributed by atoms with Gasteiger partial charge in [0.25, 0.3) is 0 Å². The third kappa shape index (κ3) is 1.99. The zero-order valence-electron chi connectivity index (χ0n) is 5.45. The molecule has 0 N–H and O–H groups in total. The number of hydrogen-bond acceptors (Lipinski definition) is 0. The topological polar surface area (TPSA) is 0 Å². The molecule has 11 heavy (non-hydrogen) atoms. The molecule has 0 aromatic carbocycles. The maximum atomic E-state index is 12.0. The average Bonchev–Trinajstić information content (AvgIpc) is 1.86. The first-order valence-electron chi connectivity index (χ1n) is 2.98. The van der Waals surface area contributed by atoms with E-state index >= 15 is 0 Å². The molecule has 0 nitrogen and oxygen atoms in total. The van der Waals surface area contributed by atoms with Crippen molar-refractivity contribution in [3.05, 3.63) is 29.2 Å². The van der Waals surface area contributed by atoms with E-state index in [-0.39, 0.29) is 5.03 Å². The Morgan fingerprint density at radius 1 is 1.36 bits per heavy atom. The Morgan fingerprint density at radius 2 is 2.00 bits per heavy atom. The van der Waals surface area contributed by atoms with Gasteiger partial charge in [0.05, 0.1) is 5.57 Å². The molecule has 0 saturated heterocycles. The molecule has 0 spiro atoms. The first-order chi connectivity index (χ1) is 5.02. The van der Waals surface area contributed by atoms with Crippen LogP contribution in [0.4, 0.5) is 13.2 Å². The van der Waals surface area contributed by atoms with E-state index in [1.807, 2.05) is 0 Å². The van der Waals surface area contributed by atoms with Crippen LogP contribution in [-0.4, -0.2) is 6.18 Å². The Labute approximate surface area is 67.3 Å². The van der Waals surface area contributed by atoms with Crippen molar-refractivity contribution in [2.24, 2.45) is 0 Å². The highest BCUT2D eigenvalue weighted by molar-refractivity contribution is 6.31. The van der Waals surface area contributed by atoms with Crippen molar-refractivity contribution in [2.75, 3.05) is 0 Å². The van der Waals surface area contributed by atoms with E-state index in [0.29, 0.717) is 6.42 Å². The van der Waals surface area contributed by atoms with Gasteiger partial charge in [0.15, 0.2) is 0 Å². The first-order valence-corrected chi connectivity index (χ1v) is 3.36. The second kappa shape index (κ2) is 2.89. The van der Waals surface area contributed by atoms with Gasteiger partial charge in [0.1, 0.15) is 0 Å². The molecule has 0 aromatic rings. The van der Waals surface area contributed by atoms with Gasteiger partial charge in [-0.15, -0.1) is 0 Å². The van der Waals surface area contributed by atoms with Gasteiger partial charge < -0.3 is 0 Å². The molecule has 0 amide bonds. The lowest BCUT2D eigenvalue weighted by Crippen LogP contribution is -2.13. The quantitative estimate of drug-likeness (QED) is 0.538. The average molecular weight is 182 g/mol. The van der Waals surface area contributed by atoms with Gasteiger partial charge in [-0.25, -0.2) is 0 Å². The predicted octanol–water partition coefficient (Wildman–Crippen LogP) is 3.21. The van der Waals surface area contributed by atoms with Crippen LogP contribution in [0.5, 0.6) is 0 Å². The molecule has 0 atom stereocenters.